The van der Waals surface area contributed by atoms with Gasteiger partial charge in [-0.25, -0.2) is 0 Å². The monoisotopic (exact) mass is 260 g/mol. The van der Waals surface area contributed by atoms with Gasteiger partial charge in [-0.15, -0.1) is 0 Å². The van der Waals surface area contributed by atoms with E-state index in [1.807, 2.05) is 30.3 Å². The van der Waals surface area contributed by atoms with Gasteiger partial charge in [-0.1, -0.05) is 0 Å². The van der Waals surface area contributed by atoms with Gasteiger partial charge in [0, 0.05) is 45.5 Å². The van der Waals surface area contributed by atoms with Gasteiger partial charge in [0.1, 0.15) is 0 Å². The molecule has 5 heteroatoms. The number of aliphatic hydroxyl groups is 4. The molecule has 0 bridgehead atoms. The molecule has 1 rings (SSSR count). The zero-order valence-corrected chi connectivity index (χ0v) is 10.7. The van der Waals surface area contributed by atoms with E-state index in [0.717, 1.165) is 28.4 Å². The van der Waals surface area contributed by atoms with Crippen LogP contribution >= 0.6 is 0 Å². The van der Waals surface area contributed by atoms with Crippen LogP contribution in [0.3, 0.4) is 0 Å². The maximum absolute atomic E-state index is 7.00. The van der Waals surface area contributed by atoms with Crippen molar-refractivity contribution < 1.29 is 37.5 Å². The third-order valence-corrected chi connectivity index (χ3v) is 0.607. The van der Waals surface area contributed by atoms with Crippen LogP contribution in [0.25, 0.3) is 0 Å². The molecule has 1 aromatic carbocycles. The van der Waals surface area contributed by atoms with Crippen LogP contribution in [0.15, 0.2) is 30.3 Å². The van der Waals surface area contributed by atoms with E-state index >= 15 is 0 Å². The first kappa shape index (κ1) is 29.3. The summed E-state index contributed by atoms with van der Waals surface area (Å²) < 4.78 is 0. The minimum absolute atomic E-state index is 0. The van der Waals surface area contributed by atoms with Crippen molar-refractivity contribution in [1.29, 1.82) is 0 Å². The van der Waals surface area contributed by atoms with Crippen molar-refractivity contribution in [2.75, 3.05) is 28.4 Å². The molecule has 93 valence electrons. The third-order valence-electron chi connectivity index (χ3n) is 0.607. The van der Waals surface area contributed by atoms with E-state index in [1.165, 1.54) is 0 Å². The molecule has 1 radical (unpaired) electrons. The van der Waals surface area contributed by atoms with E-state index in [1.54, 1.807) is 0 Å². The Hall–Kier alpha value is -0.421. The molecule has 0 atom stereocenters. The van der Waals surface area contributed by atoms with Gasteiger partial charge in [0.25, 0.3) is 0 Å². The van der Waals surface area contributed by atoms with Crippen LogP contribution < -0.4 is 0 Å². The molecule has 4 N–H and O–H groups in total. The number of hydrogen-bond donors (Lipinski definition) is 4. The average molecular weight is 260 g/mol. The van der Waals surface area contributed by atoms with Crippen LogP contribution in [0.1, 0.15) is 0 Å². The smallest absolute Gasteiger partial charge is 0.0319 e. The standard InChI is InChI=1S/C6H5.4CH4O.Mn/c1-2-4-6-5-3-1;4*1-2;/h1-5H;4*2H,1H3;/q-1;;;;;. The molecule has 0 unspecified atom stereocenters. The van der Waals surface area contributed by atoms with Crippen LogP contribution in [0.2, 0.25) is 0 Å². The van der Waals surface area contributed by atoms with Gasteiger partial charge in [0.15, 0.2) is 0 Å². The van der Waals surface area contributed by atoms with Crippen molar-refractivity contribution in [3.05, 3.63) is 36.4 Å². The zero-order chi connectivity index (χ0) is 12.2. The number of rotatable bonds is 0. The van der Waals surface area contributed by atoms with Gasteiger partial charge in [0.2, 0.25) is 0 Å². The van der Waals surface area contributed by atoms with Gasteiger partial charge in [-0.2, -0.15) is 36.4 Å². The largest absolute Gasteiger partial charge is 0.400 e. The van der Waals surface area contributed by atoms with Crippen LogP contribution in [-0.4, -0.2) is 48.9 Å². The van der Waals surface area contributed by atoms with E-state index in [4.69, 9.17) is 20.4 Å². The normalized spacial score (nSPS) is 4.80. The number of benzene rings is 1. The van der Waals surface area contributed by atoms with Crippen molar-refractivity contribution in [2.24, 2.45) is 0 Å². The Kier molecular flexibility index (Phi) is 135. The summed E-state index contributed by atoms with van der Waals surface area (Å²) >= 11 is 0. The fourth-order valence-electron chi connectivity index (χ4n) is 0.342. The predicted octanol–water partition coefficient (Wildman–Crippen LogP) is -0.0817. The molecule has 15 heavy (non-hydrogen) atoms. The van der Waals surface area contributed by atoms with Gasteiger partial charge >= 0.3 is 0 Å². The van der Waals surface area contributed by atoms with Crippen LogP contribution in [0, 0.1) is 6.07 Å². The zero-order valence-electron chi connectivity index (χ0n) is 9.55. The second-order valence-corrected chi connectivity index (χ2v) is 1.08. The molecule has 0 aliphatic carbocycles. The Balaban J connectivity index is -0.0000000325. The molecule has 0 spiro atoms. The van der Waals surface area contributed by atoms with Crippen LogP contribution in [0.5, 0.6) is 0 Å². The van der Waals surface area contributed by atoms with Crippen molar-refractivity contribution >= 4 is 0 Å². The Morgan fingerprint density at radius 1 is 0.600 bits per heavy atom. The van der Waals surface area contributed by atoms with E-state index in [-0.39, 0.29) is 17.1 Å². The van der Waals surface area contributed by atoms with Crippen LogP contribution in [-0.2, 0) is 17.1 Å². The molecule has 0 saturated heterocycles. The molecule has 1 aromatic rings. The summed E-state index contributed by atoms with van der Waals surface area (Å²) in [6.45, 7) is 0. The molecule has 0 aliphatic rings. The average Bonchev–Trinajstić information content (AvgIpc) is 2.41. The van der Waals surface area contributed by atoms with E-state index in [9.17, 15) is 0 Å². The van der Waals surface area contributed by atoms with Gasteiger partial charge in [-0.3, -0.25) is 0 Å². The quantitative estimate of drug-likeness (QED) is 0.388. The molecule has 0 amide bonds. The molecular weight excluding hydrogens is 239 g/mol. The summed E-state index contributed by atoms with van der Waals surface area (Å²) in [5.41, 5.74) is 0. The Bertz CT molecular complexity index is 89.3. The molecule has 0 aromatic heterocycles. The van der Waals surface area contributed by atoms with Gasteiger partial charge < -0.3 is 20.4 Å². The number of hydrogen-bond acceptors (Lipinski definition) is 4. The minimum atomic E-state index is 0. The second-order valence-electron chi connectivity index (χ2n) is 1.08. The fraction of sp³-hybridized carbons (Fsp3) is 0.400. The van der Waals surface area contributed by atoms with Crippen molar-refractivity contribution in [2.45, 2.75) is 0 Å². The summed E-state index contributed by atoms with van der Waals surface area (Å²) in [6, 6.07) is 12.5. The van der Waals surface area contributed by atoms with Gasteiger partial charge in [0.05, 0.1) is 0 Å². The summed E-state index contributed by atoms with van der Waals surface area (Å²) in [6.07, 6.45) is 0. The van der Waals surface area contributed by atoms with Crippen molar-refractivity contribution in [3.63, 3.8) is 0 Å². The van der Waals surface area contributed by atoms with Crippen molar-refractivity contribution in [3.8, 4) is 0 Å². The summed E-state index contributed by atoms with van der Waals surface area (Å²) in [5, 5.41) is 28.0. The first-order valence-corrected chi connectivity index (χ1v) is 3.70. The molecular formula is C10H21MnO4-. The van der Waals surface area contributed by atoms with E-state index in [0.29, 0.717) is 0 Å². The fourth-order valence-corrected chi connectivity index (χ4v) is 0.342. The predicted molar refractivity (Wildman–Crippen MR) is 57.8 cm³/mol. The molecule has 0 saturated carbocycles. The molecule has 0 aliphatic heterocycles. The summed E-state index contributed by atoms with van der Waals surface area (Å²) in [7, 11) is 4.00. The van der Waals surface area contributed by atoms with E-state index in [2.05, 4.69) is 6.07 Å². The van der Waals surface area contributed by atoms with E-state index < -0.39 is 0 Å². The summed E-state index contributed by atoms with van der Waals surface area (Å²) in [5.74, 6) is 0. The van der Waals surface area contributed by atoms with Crippen molar-refractivity contribution in [1.82, 2.24) is 0 Å². The first-order valence-electron chi connectivity index (χ1n) is 3.70. The first-order chi connectivity index (χ1) is 7.00. The Labute approximate surface area is 103 Å². The van der Waals surface area contributed by atoms with Gasteiger partial charge in [-0.05, 0) is 0 Å². The maximum atomic E-state index is 7.00. The number of aliphatic hydroxyl groups excluding tert-OH is 4. The van der Waals surface area contributed by atoms with Crippen LogP contribution in [0.4, 0.5) is 0 Å². The molecule has 0 heterocycles. The molecule has 4 nitrogen and oxygen atoms in total. The summed E-state index contributed by atoms with van der Waals surface area (Å²) in [4.78, 5) is 0. The Morgan fingerprint density at radius 3 is 0.933 bits per heavy atom. The minimum Gasteiger partial charge on any atom is -0.400 e. The molecule has 0 fully saturated rings. The third kappa shape index (κ3) is 58.5. The Morgan fingerprint density at radius 2 is 0.867 bits per heavy atom. The maximum Gasteiger partial charge on any atom is 0.0319 e. The second kappa shape index (κ2) is 69.0. The topological polar surface area (TPSA) is 80.9 Å². The SMILES string of the molecule is CO.CO.CO.CO.[Mn].[c-]1ccccc1.